The van der Waals surface area contributed by atoms with Gasteiger partial charge in [-0.3, -0.25) is 19.0 Å². The zero-order chi connectivity index (χ0) is 19.2. The third-order valence-corrected chi connectivity index (χ3v) is 5.71. The molecular formula is C19H18N2O4S2. The van der Waals surface area contributed by atoms with Gasteiger partial charge in [-0.2, -0.15) is 0 Å². The van der Waals surface area contributed by atoms with Crippen LogP contribution < -0.4 is 10.2 Å². The highest BCUT2D eigenvalue weighted by atomic mass is 32.1. The van der Waals surface area contributed by atoms with E-state index >= 15 is 0 Å². The van der Waals surface area contributed by atoms with Crippen LogP contribution in [0, 0.1) is 6.92 Å². The molecule has 6 nitrogen and oxygen atoms in total. The number of aromatic nitrogens is 1. The Hall–Kier alpha value is -2.71. The number of aryl methyl sites for hydroxylation is 1. The summed E-state index contributed by atoms with van der Waals surface area (Å²) in [5.74, 6) is -1.03. The number of hydrogen-bond donors (Lipinski definition) is 1. The number of hydrogen-bond acceptors (Lipinski definition) is 6. The molecule has 1 N–H and O–H groups in total. The fraction of sp³-hybridized carbons (Fsp3) is 0.211. The summed E-state index contributed by atoms with van der Waals surface area (Å²) in [6.07, 6.45) is 0. The number of thiophene rings is 1. The summed E-state index contributed by atoms with van der Waals surface area (Å²) in [5, 5.41) is 6.52. The van der Waals surface area contributed by atoms with Crippen LogP contribution in [0.4, 0.5) is 0 Å². The third kappa shape index (κ3) is 4.93. The SMILES string of the molecule is Cc1csc(=O)n1CC(=O)OCC(=O)N[C@@H](c1ccccc1)c1cccs1. The van der Waals surface area contributed by atoms with E-state index in [1.165, 1.54) is 15.9 Å². The molecule has 0 radical (unpaired) electrons. The molecule has 1 aromatic carbocycles. The molecule has 27 heavy (non-hydrogen) atoms. The zero-order valence-corrected chi connectivity index (χ0v) is 16.2. The van der Waals surface area contributed by atoms with Crippen molar-refractivity contribution < 1.29 is 14.3 Å². The number of carbonyl (C=O) groups excluding carboxylic acids is 2. The van der Waals surface area contributed by atoms with Crippen molar-refractivity contribution >= 4 is 34.6 Å². The van der Waals surface area contributed by atoms with Crippen molar-refractivity contribution in [3.63, 3.8) is 0 Å². The van der Waals surface area contributed by atoms with E-state index in [2.05, 4.69) is 5.32 Å². The number of nitrogens with zero attached hydrogens (tertiary/aromatic N) is 1. The predicted molar refractivity (Wildman–Crippen MR) is 105 cm³/mol. The van der Waals surface area contributed by atoms with Gasteiger partial charge in [-0.05, 0) is 23.9 Å². The molecule has 1 amide bonds. The fourth-order valence-corrected chi connectivity index (χ4v) is 4.08. The number of thiazole rings is 1. The van der Waals surface area contributed by atoms with Gasteiger partial charge in [0.2, 0.25) is 0 Å². The molecule has 0 fully saturated rings. The van der Waals surface area contributed by atoms with E-state index in [0.29, 0.717) is 5.69 Å². The lowest BCUT2D eigenvalue weighted by Gasteiger charge is -2.18. The maximum Gasteiger partial charge on any atom is 0.326 e. The normalized spacial score (nSPS) is 11.7. The van der Waals surface area contributed by atoms with E-state index < -0.39 is 18.5 Å². The second-order valence-corrected chi connectivity index (χ2v) is 7.62. The van der Waals surface area contributed by atoms with Crippen molar-refractivity contribution in [2.45, 2.75) is 19.5 Å². The molecule has 0 saturated carbocycles. The standard InChI is InChI=1S/C19H18N2O4S2/c1-13-12-27-19(24)21(13)10-17(23)25-11-16(22)20-18(15-8-5-9-26-15)14-6-3-2-4-7-14/h2-9,12,18H,10-11H2,1H3,(H,20,22)/t18-/m0/s1. The highest BCUT2D eigenvalue weighted by molar-refractivity contribution is 7.10. The minimum absolute atomic E-state index is 0.200. The first-order valence-electron chi connectivity index (χ1n) is 8.23. The van der Waals surface area contributed by atoms with E-state index in [-0.39, 0.29) is 17.5 Å². The summed E-state index contributed by atoms with van der Waals surface area (Å²) < 4.78 is 6.36. The Labute approximate surface area is 164 Å². The molecule has 0 aliphatic rings. The van der Waals surface area contributed by atoms with Gasteiger partial charge >= 0.3 is 10.8 Å². The van der Waals surface area contributed by atoms with Crippen LogP contribution in [0.5, 0.6) is 0 Å². The lowest BCUT2D eigenvalue weighted by atomic mass is 10.1. The average Bonchev–Trinajstić information content (AvgIpc) is 3.31. The van der Waals surface area contributed by atoms with Crippen LogP contribution in [0.15, 0.2) is 58.0 Å². The Bertz CT molecular complexity index is 961. The molecule has 1 atom stereocenters. The van der Waals surface area contributed by atoms with Crippen LogP contribution in [0.1, 0.15) is 22.2 Å². The van der Waals surface area contributed by atoms with Gasteiger partial charge in [0.05, 0.1) is 6.04 Å². The fourth-order valence-electron chi connectivity index (χ4n) is 2.54. The molecule has 0 bridgehead atoms. The molecule has 0 unspecified atom stereocenters. The molecule has 0 aliphatic carbocycles. The number of nitrogens with one attached hydrogen (secondary N) is 1. The van der Waals surface area contributed by atoms with Crippen molar-refractivity contribution in [2.24, 2.45) is 0 Å². The van der Waals surface area contributed by atoms with Gasteiger partial charge in [0.15, 0.2) is 6.61 Å². The molecule has 8 heteroatoms. The Morgan fingerprint density at radius 2 is 1.93 bits per heavy atom. The number of esters is 1. The monoisotopic (exact) mass is 402 g/mol. The van der Waals surface area contributed by atoms with Gasteiger partial charge < -0.3 is 10.1 Å². The summed E-state index contributed by atoms with van der Waals surface area (Å²) in [6.45, 7) is 1.14. The maximum absolute atomic E-state index is 12.3. The molecule has 140 valence electrons. The van der Waals surface area contributed by atoms with Gasteiger partial charge in [0.1, 0.15) is 6.54 Å². The Balaban J connectivity index is 1.60. The third-order valence-electron chi connectivity index (χ3n) is 3.89. The van der Waals surface area contributed by atoms with Crippen molar-refractivity contribution in [3.8, 4) is 0 Å². The summed E-state index contributed by atoms with van der Waals surface area (Å²) in [5.41, 5.74) is 1.63. The molecule has 3 aromatic rings. The Morgan fingerprint density at radius 1 is 1.15 bits per heavy atom. The van der Waals surface area contributed by atoms with Crippen LogP contribution in [-0.2, 0) is 20.9 Å². The molecule has 0 aliphatic heterocycles. The number of rotatable bonds is 7. The second kappa shape index (κ2) is 8.79. The minimum atomic E-state index is -0.624. The van der Waals surface area contributed by atoms with Crippen LogP contribution >= 0.6 is 22.7 Å². The highest BCUT2D eigenvalue weighted by Gasteiger charge is 2.19. The van der Waals surface area contributed by atoms with Crippen molar-refractivity contribution in [3.05, 3.63) is 79.0 Å². The first-order valence-corrected chi connectivity index (χ1v) is 9.99. The predicted octanol–water partition coefficient (Wildman–Crippen LogP) is 2.73. The van der Waals surface area contributed by atoms with Gasteiger partial charge in [-0.25, -0.2) is 0 Å². The van der Waals surface area contributed by atoms with E-state index in [1.54, 1.807) is 12.3 Å². The quantitative estimate of drug-likeness (QED) is 0.617. The van der Waals surface area contributed by atoms with E-state index in [1.807, 2.05) is 47.8 Å². The van der Waals surface area contributed by atoms with Gasteiger partial charge in [-0.1, -0.05) is 47.7 Å². The van der Waals surface area contributed by atoms with E-state index in [0.717, 1.165) is 21.8 Å². The lowest BCUT2D eigenvalue weighted by Crippen LogP contribution is -2.33. The van der Waals surface area contributed by atoms with Crippen LogP contribution in [-0.4, -0.2) is 23.1 Å². The van der Waals surface area contributed by atoms with Crippen LogP contribution in [0.25, 0.3) is 0 Å². The van der Waals surface area contributed by atoms with Crippen molar-refractivity contribution in [1.29, 1.82) is 0 Å². The molecule has 0 spiro atoms. The number of carbonyl (C=O) groups is 2. The summed E-state index contributed by atoms with van der Waals surface area (Å²) >= 11 is 2.56. The van der Waals surface area contributed by atoms with E-state index in [9.17, 15) is 14.4 Å². The highest BCUT2D eigenvalue weighted by Crippen LogP contribution is 2.25. The molecular weight excluding hydrogens is 384 g/mol. The smallest absolute Gasteiger partial charge is 0.326 e. The number of ether oxygens (including phenoxy) is 1. The number of benzene rings is 1. The molecule has 0 saturated heterocycles. The van der Waals surface area contributed by atoms with Crippen molar-refractivity contribution in [2.75, 3.05) is 6.61 Å². The van der Waals surface area contributed by atoms with E-state index in [4.69, 9.17) is 4.74 Å². The lowest BCUT2D eigenvalue weighted by molar-refractivity contribution is -0.149. The summed E-state index contributed by atoms with van der Waals surface area (Å²) in [7, 11) is 0. The van der Waals surface area contributed by atoms with Gasteiger partial charge in [0.25, 0.3) is 5.91 Å². The summed E-state index contributed by atoms with van der Waals surface area (Å²) in [4.78, 5) is 36.7. The minimum Gasteiger partial charge on any atom is -0.454 e. The molecule has 2 heterocycles. The maximum atomic E-state index is 12.3. The number of amides is 1. The van der Waals surface area contributed by atoms with Crippen LogP contribution in [0.2, 0.25) is 0 Å². The largest absolute Gasteiger partial charge is 0.454 e. The first-order chi connectivity index (χ1) is 13.0. The Kier molecular flexibility index (Phi) is 6.20. The van der Waals surface area contributed by atoms with Crippen molar-refractivity contribution in [1.82, 2.24) is 9.88 Å². The van der Waals surface area contributed by atoms with Gasteiger partial charge in [0, 0.05) is 16.0 Å². The molecule has 3 rings (SSSR count). The second-order valence-electron chi connectivity index (χ2n) is 5.82. The zero-order valence-electron chi connectivity index (χ0n) is 14.6. The topological polar surface area (TPSA) is 77.4 Å². The first kappa shape index (κ1) is 19.1. The Morgan fingerprint density at radius 3 is 2.56 bits per heavy atom. The average molecular weight is 402 g/mol. The summed E-state index contributed by atoms with van der Waals surface area (Å²) in [6, 6.07) is 13.1. The van der Waals surface area contributed by atoms with Gasteiger partial charge in [-0.15, -0.1) is 11.3 Å². The van der Waals surface area contributed by atoms with Crippen LogP contribution in [0.3, 0.4) is 0 Å². The molecule has 2 aromatic heterocycles.